The zero-order valence-electron chi connectivity index (χ0n) is 14.8. The van der Waals surface area contributed by atoms with Crippen molar-refractivity contribution >= 4 is 27.4 Å². The summed E-state index contributed by atoms with van der Waals surface area (Å²) in [4.78, 5) is 22.9. The van der Waals surface area contributed by atoms with E-state index in [1.54, 1.807) is 24.3 Å². The van der Waals surface area contributed by atoms with Gasteiger partial charge >= 0.3 is 0 Å². The highest BCUT2D eigenvalue weighted by Crippen LogP contribution is 2.21. The highest BCUT2D eigenvalue weighted by Gasteiger charge is 2.33. The van der Waals surface area contributed by atoms with Crippen LogP contribution in [-0.2, 0) is 9.84 Å². The Bertz CT molecular complexity index is 1000. The fourth-order valence-electron chi connectivity index (χ4n) is 3.06. The Labute approximate surface area is 157 Å². The van der Waals surface area contributed by atoms with Crippen LogP contribution in [0.15, 0.2) is 36.5 Å². The number of nitrogens with one attached hydrogen (secondary N) is 1. The minimum atomic E-state index is -3.04. The Kier molecular flexibility index (Phi) is 5.37. The molecule has 1 aliphatic rings. The molecule has 1 saturated heterocycles. The van der Waals surface area contributed by atoms with E-state index in [9.17, 15) is 13.2 Å². The standard InChI is InChI=1S/C18H19N5O3S/c1-2-23(15-7-9-27(25,26)12-15)18-20-8-6-16(22-18)17(24)21-14-5-3-4-13(10-14)11-19/h3-6,8,10,15H,2,7,9,12H2,1H3,(H,21,24). The van der Waals surface area contributed by atoms with Crippen molar-refractivity contribution in [2.45, 2.75) is 19.4 Å². The van der Waals surface area contributed by atoms with Gasteiger partial charge in [0.25, 0.3) is 5.91 Å². The van der Waals surface area contributed by atoms with Crippen molar-refractivity contribution in [2.24, 2.45) is 0 Å². The molecule has 8 nitrogen and oxygen atoms in total. The van der Waals surface area contributed by atoms with Gasteiger partial charge in [-0.2, -0.15) is 5.26 Å². The molecule has 0 spiro atoms. The summed E-state index contributed by atoms with van der Waals surface area (Å²) in [5.41, 5.74) is 1.10. The minimum absolute atomic E-state index is 0.0710. The summed E-state index contributed by atoms with van der Waals surface area (Å²) in [5.74, 6) is 0.132. The fraction of sp³-hybridized carbons (Fsp3) is 0.333. The van der Waals surface area contributed by atoms with Crippen molar-refractivity contribution in [1.29, 1.82) is 5.26 Å². The number of anilines is 2. The van der Waals surface area contributed by atoms with Crippen molar-refractivity contribution < 1.29 is 13.2 Å². The molecule has 2 aromatic rings. The van der Waals surface area contributed by atoms with Crippen molar-refractivity contribution in [1.82, 2.24) is 9.97 Å². The molecule has 0 radical (unpaired) electrons. The molecule has 1 amide bonds. The van der Waals surface area contributed by atoms with Gasteiger partial charge in [0.05, 0.1) is 23.1 Å². The smallest absolute Gasteiger partial charge is 0.274 e. The Morgan fingerprint density at radius 1 is 1.41 bits per heavy atom. The highest BCUT2D eigenvalue weighted by atomic mass is 32.2. The number of hydrogen-bond donors (Lipinski definition) is 1. The number of hydrogen-bond acceptors (Lipinski definition) is 7. The summed E-state index contributed by atoms with van der Waals surface area (Å²) in [6.45, 7) is 2.43. The maximum Gasteiger partial charge on any atom is 0.274 e. The van der Waals surface area contributed by atoms with E-state index in [-0.39, 0.29) is 23.2 Å². The van der Waals surface area contributed by atoms with Gasteiger partial charge in [-0.15, -0.1) is 0 Å². The largest absolute Gasteiger partial charge is 0.337 e. The number of carbonyl (C=O) groups is 1. The number of amides is 1. The van der Waals surface area contributed by atoms with Crippen LogP contribution >= 0.6 is 0 Å². The highest BCUT2D eigenvalue weighted by molar-refractivity contribution is 7.91. The van der Waals surface area contributed by atoms with Crippen LogP contribution in [0, 0.1) is 11.3 Å². The molecule has 140 valence electrons. The molecule has 3 rings (SSSR count). The van der Waals surface area contributed by atoms with Gasteiger partial charge in [0.15, 0.2) is 9.84 Å². The predicted molar refractivity (Wildman–Crippen MR) is 101 cm³/mol. The van der Waals surface area contributed by atoms with Crippen molar-refractivity contribution in [3.8, 4) is 6.07 Å². The molecule has 9 heteroatoms. The molecule has 1 aromatic carbocycles. The van der Waals surface area contributed by atoms with Crippen molar-refractivity contribution in [2.75, 3.05) is 28.3 Å². The number of aromatic nitrogens is 2. The van der Waals surface area contributed by atoms with Gasteiger partial charge in [0.2, 0.25) is 5.95 Å². The van der Waals surface area contributed by atoms with E-state index in [0.717, 1.165) is 0 Å². The SMILES string of the molecule is CCN(c1nccc(C(=O)Nc2cccc(C#N)c2)n1)C1CCS(=O)(=O)C1. The molecule has 2 heterocycles. The molecular formula is C18H19N5O3S. The minimum Gasteiger partial charge on any atom is -0.337 e. The van der Waals surface area contributed by atoms with E-state index in [2.05, 4.69) is 15.3 Å². The van der Waals surface area contributed by atoms with Gasteiger partial charge in [-0.3, -0.25) is 4.79 Å². The van der Waals surface area contributed by atoms with Crippen LogP contribution in [0.1, 0.15) is 29.4 Å². The molecule has 0 saturated carbocycles. The quantitative estimate of drug-likeness (QED) is 0.831. The lowest BCUT2D eigenvalue weighted by atomic mass is 10.2. The second-order valence-electron chi connectivity index (χ2n) is 6.23. The topological polar surface area (TPSA) is 116 Å². The van der Waals surface area contributed by atoms with Crippen molar-refractivity contribution in [3.63, 3.8) is 0 Å². The van der Waals surface area contributed by atoms with Gasteiger partial charge in [0, 0.05) is 24.5 Å². The maximum atomic E-state index is 12.5. The molecule has 1 aromatic heterocycles. The molecule has 1 aliphatic heterocycles. The molecule has 0 aliphatic carbocycles. The number of nitrogens with zero attached hydrogens (tertiary/aromatic N) is 4. The number of benzene rings is 1. The van der Waals surface area contributed by atoms with Gasteiger partial charge in [0.1, 0.15) is 5.69 Å². The second-order valence-corrected chi connectivity index (χ2v) is 8.46. The van der Waals surface area contributed by atoms with E-state index in [4.69, 9.17) is 5.26 Å². The zero-order chi connectivity index (χ0) is 19.4. The van der Waals surface area contributed by atoms with Gasteiger partial charge < -0.3 is 10.2 Å². The third kappa shape index (κ3) is 4.41. The summed E-state index contributed by atoms with van der Waals surface area (Å²) in [6.07, 6.45) is 2.01. The molecular weight excluding hydrogens is 366 g/mol. The van der Waals surface area contributed by atoms with Crippen LogP contribution in [-0.4, -0.2) is 48.4 Å². The molecule has 1 atom stereocenters. The number of rotatable bonds is 5. The van der Waals surface area contributed by atoms with E-state index in [1.165, 1.54) is 12.3 Å². The first-order valence-electron chi connectivity index (χ1n) is 8.53. The van der Waals surface area contributed by atoms with E-state index in [1.807, 2.05) is 17.9 Å². The molecule has 27 heavy (non-hydrogen) atoms. The van der Waals surface area contributed by atoms with Crippen molar-refractivity contribution in [3.05, 3.63) is 47.8 Å². The maximum absolute atomic E-state index is 12.5. The van der Waals surface area contributed by atoms with Crippen LogP contribution in [0.25, 0.3) is 0 Å². The Morgan fingerprint density at radius 3 is 2.89 bits per heavy atom. The van der Waals surface area contributed by atoms with Crippen LogP contribution in [0.4, 0.5) is 11.6 Å². The lowest BCUT2D eigenvalue weighted by Crippen LogP contribution is -2.37. The lowest BCUT2D eigenvalue weighted by Gasteiger charge is -2.26. The van der Waals surface area contributed by atoms with Crippen LogP contribution < -0.4 is 10.2 Å². The number of sulfone groups is 1. The molecule has 1 fully saturated rings. The Balaban J connectivity index is 1.80. The summed E-state index contributed by atoms with van der Waals surface area (Å²) in [7, 11) is -3.04. The zero-order valence-corrected chi connectivity index (χ0v) is 15.6. The normalized spacial score (nSPS) is 17.9. The molecule has 1 unspecified atom stereocenters. The Hall–Kier alpha value is -2.99. The van der Waals surface area contributed by atoms with Gasteiger partial charge in [-0.25, -0.2) is 18.4 Å². The average molecular weight is 385 g/mol. The summed E-state index contributed by atoms with van der Waals surface area (Å²) >= 11 is 0. The molecule has 1 N–H and O–H groups in total. The third-order valence-electron chi connectivity index (χ3n) is 4.37. The first-order chi connectivity index (χ1) is 12.9. The summed E-state index contributed by atoms with van der Waals surface area (Å²) in [5, 5.41) is 11.7. The molecule has 0 bridgehead atoms. The average Bonchev–Trinajstić information content (AvgIpc) is 3.02. The first kappa shape index (κ1) is 18.8. The number of nitriles is 1. The number of carbonyl (C=O) groups excluding carboxylic acids is 1. The first-order valence-corrected chi connectivity index (χ1v) is 10.4. The summed E-state index contributed by atoms with van der Waals surface area (Å²) in [6, 6.07) is 9.90. The fourth-order valence-corrected chi connectivity index (χ4v) is 4.79. The van der Waals surface area contributed by atoms with E-state index in [0.29, 0.717) is 30.2 Å². The second kappa shape index (κ2) is 7.72. The predicted octanol–water partition coefficient (Wildman–Crippen LogP) is 1.61. The van der Waals surface area contributed by atoms with E-state index < -0.39 is 15.7 Å². The Morgan fingerprint density at radius 2 is 2.22 bits per heavy atom. The van der Waals surface area contributed by atoms with Crippen LogP contribution in [0.3, 0.4) is 0 Å². The monoisotopic (exact) mass is 385 g/mol. The van der Waals surface area contributed by atoms with Gasteiger partial charge in [-0.1, -0.05) is 6.07 Å². The summed E-state index contributed by atoms with van der Waals surface area (Å²) < 4.78 is 23.5. The van der Waals surface area contributed by atoms with Crippen LogP contribution in [0.5, 0.6) is 0 Å². The van der Waals surface area contributed by atoms with Crippen LogP contribution in [0.2, 0.25) is 0 Å². The van der Waals surface area contributed by atoms with Gasteiger partial charge in [-0.05, 0) is 37.6 Å². The third-order valence-corrected chi connectivity index (χ3v) is 6.12. The lowest BCUT2D eigenvalue weighted by molar-refractivity contribution is 0.102. The van der Waals surface area contributed by atoms with E-state index >= 15 is 0 Å².